The van der Waals surface area contributed by atoms with Crippen molar-refractivity contribution in [2.45, 2.75) is 20.0 Å². The molecule has 1 aromatic carbocycles. The first-order valence-electron chi connectivity index (χ1n) is 6.82. The minimum Gasteiger partial charge on any atom is -0.471 e. The second kappa shape index (κ2) is 6.47. The molecule has 0 fully saturated rings. The van der Waals surface area contributed by atoms with E-state index in [-0.39, 0.29) is 11.8 Å². The van der Waals surface area contributed by atoms with Gasteiger partial charge in [0.25, 0.3) is 5.69 Å². The van der Waals surface area contributed by atoms with Crippen molar-refractivity contribution in [3.63, 3.8) is 0 Å². The van der Waals surface area contributed by atoms with Crippen LogP contribution in [0.4, 0.5) is 5.69 Å². The van der Waals surface area contributed by atoms with E-state index in [1.54, 1.807) is 12.1 Å². The van der Waals surface area contributed by atoms with Crippen molar-refractivity contribution in [2.75, 3.05) is 26.2 Å². The van der Waals surface area contributed by atoms with Crippen molar-refractivity contribution < 1.29 is 9.66 Å². The molecule has 0 saturated carbocycles. The Morgan fingerprint density at radius 2 is 2.00 bits per heavy atom. The molecule has 0 aromatic heterocycles. The summed E-state index contributed by atoms with van der Waals surface area (Å²) < 4.78 is 5.82. The second-order valence-corrected chi connectivity index (χ2v) is 4.68. The van der Waals surface area contributed by atoms with Crippen molar-refractivity contribution in [1.82, 2.24) is 4.90 Å². The van der Waals surface area contributed by atoms with Crippen LogP contribution in [0.5, 0.6) is 0 Å². The molecule has 20 heavy (non-hydrogen) atoms. The maximum Gasteiger partial charge on any atom is 0.269 e. The number of aliphatic imine (C=N–C) groups is 1. The molecule has 6 nitrogen and oxygen atoms in total. The van der Waals surface area contributed by atoms with Gasteiger partial charge in [-0.05, 0) is 25.2 Å². The van der Waals surface area contributed by atoms with E-state index < -0.39 is 4.92 Å². The van der Waals surface area contributed by atoms with E-state index in [2.05, 4.69) is 23.7 Å². The van der Waals surface area contributed by atoms with Crippen LogP contribution < -0.4 is 0 Å². The van der Waals surface area contributed by atoms with E-state index in [9.17, 15) is 10.1 Å². The largest absolute Gasteiger partial charge is 0.471 e. The summed E-state index contributed by atoms with van der Waals surface area (Å²) >= 11 is 0. The molecule has 0 bridgehead atoms. The highest BCUT2D eigenvalue weighted by molar-refractivity contribution is 5.95. The third-order valence-electron chi connectivity index (χ3n) is 3.40. The van der Waals surface area contributed by atoms with Gasteiger partial charge in [-0.15, -0.1) is 0 Å². The van der Waals surface area contributed by atoms with Crippen molar-refractivity contribution >= 4 is 11.6 Å². The second-order valence-electron chi connectivity index (χ2n) is 4.68. The van der Waals surface area contributed by atoms with Gasteiger partial charge >= 0.3 is 0 Å². The van der Waals surface area contributed by atoms with Crippen molar-refractivity contribution in [1.29, 1.82) is 0 Å². The molecule has 6 heteroatoms. The Labute approximate surface area is 118 Å². The number of hydrogen-bond acceptors (Lipinski definition) is 5. The number of rotatable bonds is 6. The van der Waals surface area contributed by atoms with E-state index >= 15 is 0 Å². The number of non-ortho nitro benzene ring substituents is 1. The number of likely N-dealkylation sites (N-methyl/N-ethyl adjacent to an activating group) is 1. The van der Waals surface area contributed by atoms with Gasteiger partial charge in [-0.25, -0.2) is 4.99 Å². The summed E-state index contributed by atoms with van der Waals surface area (Å²) in [5, 5.41) is 10.6. The molecule has 1 aliphatic heterocycles. The Balaban J connectivity index is 1.96. The highest BCUT2D eigenvalue weighted by Crippen LogP contribution is 2.17. The molecule has 1 aromatic rings. The first kappa shape index (κ1) is 14.5. The molecule has 1 atom stereocenters. The van der Waals surface area contributed by atoms with Crippen LogP contribution in [0.2, 0.25) is 0 Å². The lowest BCUT2D eigenvalue weighted by Crippen LogP contribution is -2.34. The van der Waals surface area contributed by atoms with Crippen molar-refractivity contribution in [3.8, 4) is 0 Å². The fourth-order valence-electron chi connectivity index (χ4n) is 2.17. The van der Waals surface area contributed by atoms with Crippen LogP contribution in [0, 0.1) is 10.1 Å². The Bertz CT molecular complexity index is 495. The molecular weight excluding hydrogens is 258 g/mol. The highest BCUT2D eigenvalue weighted by Gasteiger charge is 2.22. The molecule has 0 saturated heterocycles. The lowest BCUT2D eigenvalue weighted by atomic mass is 10.2. The van der Waals surface area contributed by atoms with Crippen molar-refractivity contribution in [2.24, 2.45) is 4.99 Å². The Morgan fingerprint density at radius 3 is 2.55 bits per heavy atom. The molecule has 0 unspecified atom stereocenters. The summed E-state index contributed by atoms with van der Waals surface area (Å²) in [7, 11) is 0. The minimum atomic E-state index is -0.412. The van der Waals surface area contributed by atoms with E-state index in [0.717, 1.165) is 25.2 Å². The van der Waals surface area contributed by atoms with Crippen LogP contribution in [0.25, 0.3) is 0 Å². The number of benzene rings is 1. The molecule has 0 spiro atoms. The smallest absolute Gasteiger partial charge is 0.269 e. The molecule has 1 aliphatic rings. The van der Waals surface area contributed by atoms with Crippen LogP contribution in [0.1, 0.15) is 19.4 Å². The van der Waals surface area contributed by atoms with Crippen LogP contribution in [-0.2, 0) is 4.74 Å². The molecule has 2 rings (SSSR count). The predicted molar refractivity (Wildman–Crippen MR) is 77.2 cm³/mol. The minimum absolute atomic E-state index is 0.0695. The zero-order valence-electron chi connectivity index (χ0n) is 11.8. The molecule has 0 radical (unpaired) electrons. The average Bonchev–Trinajstić information content (AvgIpc) is 2.93. The number of nitro groups is 1. The molecule has 108 valence electrons. The summed E-state index contributed by atoms with van der Waals surface area (Å²) in [5.74, 6) is 0.581. The Hall–Kier alpha value is -1.95. The van der Waals surface area contributed by atoms with E-state index in [1.807, 2.05) is 0 Å². The normalized spacial score (nSPS) is 17.9. The number of nitro benzene ring substituents is 1. The van der Waals surface area contributed by atoms with Crippen LogP contribution in [-0.4, -0.2) is 48.0 Å². The fraction of sp³-hybridized carbons (Fsp3) is 0.500. The van der Waals surface area contributed by atoms with Gasteiger partial charge in [-0.3, -0.25) is 10.1 Å². The predicted octanol–water partition coefficient (Wildman–Crippen LogP) is 2.08. The van der Waals surface area contributed by atoms with Gasteiger partial charge in [0.2, 0.25) is 5.90 Å². The average molecular weight is 277 g/mol. The first-order valence-corrected chi connectivity index (χ1v) is 6.82. The third kappa shape index (κ3) is 3.33. The fourth-order valence-corrected chi connectivity index (χ4v) is 2.17. The summed E-state index contributed by atoms with van der Waals surface area (Å²) in [6, 6.07) is 6.30. The highest BCUT2D eigenvalue weighted by atomic mass is 16.6. The molecular formula is C14H19N3O3. The van der Waals surface area contributed by atoms with Crippen LogP contribution in [0.3, 0.4) is 0 Å². The lowest BCUT2D eigenvalue weighted by Gasteiger charge is -2.21. The van der Waals surface area contributed by atoms with Crippen LogP contribution >= 0.6 is 0 Å². The van der Waals surface area contributed by atoms with Gasteiger partial charge < -0.3 is 9.64 Å². The lowest BCUT2D eigenvalue weighted by molar-refractivity contribution is -0.384. The standard InChI is InChI=1S/C14H19N3O3/c1-3-16(4-2)10-13-9-15-14(20-13)11-5-7-12(8-6-11)17(18)19/h5-8,13H,3-4,9-10H2,1-2H3/t13-/m0/s1. The summed E-state index contributed by atoms with van der Waals surface area (Å²) in [4.78, 5) is 16.9. The van der Waals surface area contributed by atoms with E-state index in [4.69, 9.17) is 4.74 Å². The van der Waals surface area contributed by atoms with Gasteiger partial charge in [-0.2, -0.15) is 0 Å². The van der Waals surface area contributed by atoms with Gasteiger partial charge in [-0.1, -0.05) is 13.8 Å². The number of ether oxygens (including phenoxy) is 1. The zero-order valence-corrected chi connectivity index (χ0v) is 11.8. The number of hydrogen-bond donors (Lipinski definition) is 0. The van der Waals surface area contributed by atoms with Crippen molar-refractivity contribution in [3.05, 3.63) is 39.9 Å². The topological polar surface area (TPSA) is 68.0 Å². The Morgan fingerprint density at radius 1 is 1.35 bits per heavy atom. The maximum absolute atomic E-state index is 10.6. The molecule has 0 N–H and O–H groups in total. The zero-order chi connectivity index (χ0) is 14.5. The monoisotopic (exact) mass is 277 g/mol. The molecule has 0 amide bonds. The first-order chi connectivity index (χ1) is 9.63. The molecule has 0 aliphatic carbocycles. The van der Waals surface area contributed by atoms with Crippen LogP contribution in [0.15, 0.2) is 29.3 Å². The summed E-state index contributed by atoms with van der Waals surface area (Å²) in [6.07, 6.45) is 0.0695. The van der Waals surface area contributed by atoms with Gasteiger partial charge in [0.1, 0.15) is 6.10 Å². The summed E-state index contributed by atoms with van der Waals surface area (Å²) in [5.41, 5.74) is 0.865. The van der Waals surface area contributed by atoms with Gasteiger partial charge in [0.15, 0.2) is 0 Å². The van der Waals surface area contributed by atoms with E-state index in [0.29, 0.717) is 12.4 Å². The van der Waals surface area contributed by atoms with Gasteiger partial charge in [0.05, 0.1) is 11.5 Å². The third-order valence-corrected chi connectivity index (χ3v) is 3.40. The SMILES string of the molecule is CCN(CC)C[C@@H]1CN=C(c2ccc([N+](=O)[O-])cc2)O1. The van der Waals surface area contributed by atoms with Gasteiger partial charge in [0, 0.05) is 24.2 Å². The summed E-state index contributed by atoms with van der Waals surface area (Å²) in [6.45, 7) is 7.72. The number of nitrogens with zero attached hydrogens (tertiary/aromatic N) is 3. The maximum atomic E-state index is 10.6. The van der Waals surface area contributed by atoms with E-state index in [1.165, 1.54) is 12.1 Å². The molecule has 1 heterocycles. The quantitative estimate of drug-likeness (QED) is 0.589. The Kier molecular flexibility index (Phi) is 4.68.